The normalized spacial score (nSPS) is 10.9. The Bertz CT molecular complexity index is 778. The summed E-state index contributed by atoms with van der Waals surface area (Å²) in [5.41, 5.74) is 3.42. The molecule has 6 nitrogen and oxygen atoms in total. The molecule has 0 saturated heterocycles. The number of benzene rings is 1. The molecule has 0 unspecified atom stereocenters. The van der Waals surface area contributed by atoms with E-state index in [9.17, 15) is 0 Å². The molecule has 3 rings (SSSR count). The lowest BCUT2D eigenvalue weighted by Gasteiger charge is -2.10. The van der Waals surface area contributed by atoms with Crippen LogP contribution < -0.4 is 10.6 Å². The van der Waals surface area contributed by atoms with Gasteiger partial charge in [0, 0.05) is 30.5 Å². The Balaban J connectivity index is 1.71. The van der Waals surface area contributed by atoms with Gasteiger partial charge in [0.05, 0.1) is 0 Å². The fourth-order valence-corrected chi connectivity index (χ4v) is 2.57. The predicted molar refractivity (Wildman–Crippen MR) is 97.3 cm³/mol. The van der Waals surface area contributed by atoms with Gasteiger partial charge in [-0.25, -0.2) is 4.98 Å². The van der Waals surface area contributed by atoms with Crippen molar-refractivity contribution in [1.29, 1.82) is 0 Å². The van der Waals surface area contributed by atoms with Gasteiger partial charge in [0.2, 0.25) is 0 Å². The molecule has 0 atom stereocenters. The second-order valence-corrected chi connectivity index (χ2v) is 5.83. The van der Waals surface area contributed by atoms with Crippen LogP contribution in [0, 0.1) is 0 Å². The fraction of sp³-hybridized carbons (Fsp3) is 0.389. The molecule has 0 aliphatic heterocycles. The lowest BCUT2D eigenvalue weighted by molar-refractivity contribution is 0.854. The second kappa shape index (κ2) is 7.77. The van der Waals surface area contributed by atoms with E-state index in [0.717, 1.165) is 49.6 Å². The van der Waals surface area contributed by atoms with Crippen LogP contribution in [0.1, 0.15) is 37.9 Å². The molecule has 0 aliphatic carbocycles. The lowest BCUT2D eigenvalue weighted by atomic mass is 10.2. The highest BCUT2D eigenvalue weighted by Gasteiger charge is 2.07. The lowest BCUT2D eigenvalue weighted by Crippen LogP contribution is -2.08. The maximum atomic E-state index is 4.52. The van der Waals surface area contributed by atoms with Gasteiger partial charge in [-0.3, -0.25) is 0 Å². The van der Waals surface area contributed by atoms with Crippen LogP contribution in [0.4, 0.5) is 11.5 Å². The first-order valence-corrected chi connectivity index (χ1v) is 8.56. The van der Waals surface area contributed by atoms with Crippen LogP contribution in [0.3, 0.4) is 0 Å². The molecule has 0 radical (unpaired) electrons. The van der Waals surface area contributed by atoms with Crippen LogP contribution in [-0.4, -0.2) is 26.1 Å². The fourth-order valence-electron chi connectivity index (χ4n) is 2.57. The Morgan fingerprint density at radius 3 is 2.62 bits per heavy atom. The van der Waals surface area contributed by atoms with Crippen molar-refractivity contribution in [3.63, 3.8) is 0 Å². The third-order valence-electron chi connectivity index (χ3n) is 3.82. The topological polar surface area (TPSA) is 67.1 Å². The minimum Gasteiger partial charge on any atom is -0.385 e. The average Bonchev–Trinajstić information content (AvgIpc) is 3.08. The van der Waals surface area contributed by atoms with E-state index in [0.29, 0.717) is 5.78 Å². The van der Waals surface area contributed by atoms with Gasteiger partial charge in [0.1, 0.15) is 12.1 Å². The summed E-state index contributed by atoms with van der Waals surface area (Å²) in [5.74, 6) is 1.57. The van der Waals surface area contributed by atoms with Gasteiger partial charge in [-0.2, -0.15) is 14.6 Å². The largest absolute Gasteiger partial charge is 0.385 e. The summed E-state index contributed by atoms with van der Waals surface area (Å²) in [7, 11) is 0. The summed E-state index contributed by atoms with van der Waals surface area (Å²) in [5, 5.41) is 11.1. The van der Waals surface area contributed by atoms with E-state index in [1.54, 1.807) is 4.52 Å². The smallest absolute Gasteiger partial charge is 0.254 e. The van der Waals surface area contributed by atoms with Crippen molar-refractivity contribution in [2.75, 3.05) is 17.2 Å². The molecule has 2 heterocycles. The highest BCUT2D eigenvalue weighted by molar-refractivity contribution is 5.47. The van der Waals surface area contributed by atoms with E-state index >= 15 is 0 Å². The van der Waals surface area contributed by atoms with Gasteiger partial charge in [0.15, 0.2) is 0 Å². The highest BCUT2D eigenvalue weighted by Crippen LogP contribution is 2.15. The summed E-state index contributed by atoms with van der Waals surface area (Å²) in [6.07, 6.45) is 4.66. The minimum atomic E-state index is 0.641. The molecule has 0 fully saturated rings. The number of rotatable bonds is 8. The van der Waals surface area contributed by atoms with Crippen LogP contribution in [0.15, 0.2) is 36.7 Å². The van der Waals surface area contributed by atoms with Crippen LogP contribution in [0.5, 0.6) is 0 Å². The number of fused-ring (bicyclic) bond motifs is 1. The van der Waals surface area contributed by atoms with Crippen molar-refractivity contribution in [1.82, 2.24) is 19.6 Å². The van der Waals surface area contributed by atoms with Crippen molar-refractivity contribution >= 4 is 17.3 Å². The third kappa shape index (κ3) is 3.82. The van der Waals surface area contributed by atoms with E-state index in [1.807, 2.05) is 0 Å². The number of anilines is 2. The standard InChI is InChI=1S/C18H24N6/c1-3-5-16-11-17(24-18(23-16)21-13-22-24)20-12-14-6-8-15(9-7-14)19-10-4-2/h6-9,11,13,19-20H,3-5,10,12H2,1-2H3. The van der Waals surface area contributed by atoms with Gasteiger partial charge in [0.25, 0.3) is 5.78 Å². The van der Waals surface area contributed by atoms with Gasteiger partial charge in [-0.15, -0.1) is 0 Å². The molecular weight excluding hydrogens is 300 g/mol. The van der Waals surface area contributed by atoms with Crippen molar-refractivity contribution in [2.45, 2.75) is 39.7 Å². The van der Waals surface area contributed by atoms with Crippen LogP contribution in [0.25, 0.3) is 5.78 Å². The van der Waals surface area contributed by atoms with Crippen LogP contribution >= 0.6 is 0 Å². The molecule has 6 heteroatoms. The van der Waals surface area contributed by atoms with Gasteiger partial charge in [-0.05, 0) is 30.5 Å². The Hall–Kier alpha value is -2.63. The number of hydrogen-bond donors (Lipinski definition) is 2. The minimum absolute atomic E-state index is 0.641. The number of nitrogens with zero attached hydrogens (tertiary/aromatic N) is 4. The Labute approximate surface area is 142 Å². The Kier molecular flexibility index (Phi) is 5.25. The van der Waals surface area contributed by atoms with E-state index in [1.165, 1.54) is 11.9 Å². The molecule has 3 aromatic rings. The molecular formula is C18H24N6. The Morgan fingerprint density at radius 2 is 1.88 bits per heavy atom. The highest BCUT2D eigenvalue weighted by atomic mass is 15.3. The van der Waals surface area contributed by atoms with Crippen LogP contribution in [0.2, 0.25) is 0 Å². The van der Waals surface area contributed by atoms with Crippen molar-refractivity contribution in [3.05, 3.63) is 47.9 Å². The van der Waals surface area contributed by atoms with Gasteiger partial charge in [-0.1, -0.05) is 32.4 Å². The first-order chi connectivity index (χ1) is 11.8. The number of nitrogens with one attached hydrogen (secondary N) is 2. The molecule has 1 aromatic carbocycles. The first kappa shape index (κ1) is 16.2. The molecule has 0 aliphatic rings. The summed E-state index contributed by atoms with van der Waals surface area (Å²) in [6, 6.07) is 10.6. The summed E-state index contributed by atoms with van der Waals surface area (Å²) in [4.78, 5) is 8.73. The van der Waals surface area contributed by atoms with E-state index in [-0.39, 0.29) is 0 Å². The monoisotopic (exact) mass is 324 g/mol. The van der Waals surface area contributed by atoms with Gasteiger partial charge < -0.3 is 10.6 Å². The second-order valence-electron chi connectivity index (χ2n) is 5.83. The summed E-state index contributed by atoms with van der Waals surface area (Å²) < 4.78 is 1.75. The van der Waals surface area contributed by atoms with Crippen molar-refractivity contribution in [3.8, 4) is 0 Å². The first-order valence-electron chi connectivity index (χ1n) is 8.56. The van der Waals surface area contributed by atoms with E-state index in [4.69, 9.17) is 0 Å². The summed E-state index contributed by atoms with van der Waals surface area (Å²) >= 11 is 0. The van der Waals surface area contributed by atoms with Crippen molar-refractivity contribution in [2.24, 2.45) is 0 Å². The number of aryl methyl sites for hydroxylation is 1. The van der Waals surface area contributed by atoms with Gasteiger partial charge >= 0.3 is 0 Å². The SMILES string of the molecule is CCCNc1ccc(CNc2cc(CCC)nc3ncnn23)cc1. The zero-order valence-corrected chi connectivity index (χ0v) is 14.3. The molecule has 2 aromatic heterocycles. The Morgan fingerprint density at radius 1 is 1.04 bits per heavy atom. The maximum Gasteiger partial charge on any atom is 0.254 e. The van der Waals surface area contributed by atoms with E-state index < -0.39 is 0 Å². The third-order valence-corrected chi connectivity index (χ3v) is 3.82. The summed E-state index contributed by atoms with van der Waals surface area (Å²) in [6.45, 7) is 6.05. The molecule has 24 heavy (non-hydrogen) atoms. The average molecular weight is 324 g/mol. The number of hydrogen-bond acceptors (Lipinski definition) is 5. The molecule has 0 bridgehead atoms. The molecule has 0 spiro atoms. The van der Waals surface area contributed by atoms with E-state index in [2.05, 4.69) is 69.9 Å². The molecule has 126 valence electrons. The molecule has 2 N–H and O–H groups in total. The zero-order valence-electron chi connectivity index (χ0n) is 14.3. The van der Waals surface area contributed by atoms with Crippen molar-refractivity contribution < 1.29 is 0 Å². The predicted octanol–water partition coefficient (Wildman–Crippen LogP) is 3.51. The quantitative estimate of drug-likeness (QED) is 0.664. The maximum absolute atomic E-state index is 4.52. The number of aromatic nitrogens is 4. The zero-order chi connectivity index (χ0) is 16.8. The molecule has 0 saturated carbocycles. The van der Waals surface area contributed by atoms with Crippen LogP contribution in [-0.2, 0) is 13.0 Å². The molecule has 0 amide bonds.